The van der Waals surface area contributed by atoms with Gasteiger partial charge in [-0.3, -0.25) is 34.6 Å². The van der Waals surface area contributed by atoms with Crippen molar-refractivity contribution in [1.82, 2.24) is 54.8 Å². The van der Waals surface area contributed by atoms with Crippen LogP contribution < -0.4 is 16.8 Å². The van der Waals surface area contributed by atoms with E-state index in [1.807, 2.05) is 134 Å². The lowest BCUT2D eigenvalue weighted by molar-refractivity contribution is -0.385. The van der Waals surface area contributed by atoms with Gasteiger partial charge in [0.15, 0.2) is 5.78 Å². The second-order valence-electron chi connectivity index (χ2n) is 32.1. The zero-order valence-electron chi connectivity index (χ0n) is 68.9. The van der Waals surface area contributed by atoms with Crippen molar-refractivity contribution in [3.05, 3.63) is 323 Å². The van der Waals surface area contributed by atoms with Crippen molar-refractivity contribution < 1.29 is 29.0 Å². The number of amides is 1. The van der Waals surface area contributed by atoms with Gasteiger partial charge in [0, 0.05) is 171 Å². The first-order valence-electron chi connectivity index (χ1n) is 41.0. The number of ketones is 1. The first-order chi connectivity index (χ1) is 62.4. The number of ether oxygens (including phenoxy) is 1. The second kappa shape index (κ2) is 34.6. The molecule has 0 radical (unpaired) electrons. The molecule has 634 valence electrons. The number of Topliss-reactive ketones (excluding diaryl/α,β-unsaturated/α-hetero) is 1. The van der Waals surface area contributed by atoms with E-state index >= 15 is 0 Å². The lowest BCUT2D eigenvalue weighted by Crippen LogP contribution is -2.36. The van der Waals surface area contributed by atoms with Gasteiger partial charge in [-0.15, -0.1) is 0 Å². The SMILES string of the molecule is Brc1ccc(-c2nc3c4ccccc4c4ccccc4c3[nH]2)cc1.CC(C)(C)OC(=O)C[C@H](N)C(=O)Cc1ccc2c3ccccc3c3[nH]c(-c4c[nH]c5ccc(Br)cc45)nc3c2c1.NCC(=O)Nc1ccc2c3ccccc3c3[nH]c(-c4c[nH]c5ccc(Br)cc45)nc3c2c1.O=[N+]([O-])c1cccc(-c2nc(-c3c[nH]c4ccc(Br)cc34)[nH]c2-c2cccc([N+](=O)[O-])c2)c1. The summed E-state index contributed by atoms with van der Waals surface area (Å²) in [6.45, 7) is 5.30. The maximum Gasteiger partial charge on any atom is 0.308 e. The van der Waals surface area contributed by atoms with E-state index < -0.39 is 27.5 Å². The molecule has 1 atom stereocenters. The van der Waals surface area contributed by atoms with Gasteiger partial charge in [0.05, 0.1) is 73.3 Å². The average molecular weight is 1960 g/mol. The Hall–Kier alpha value is -14.7. The number of carbonyl (C=O) groups is 3. The molecule has 0 saturated heterocycles. The highest BCUT2D eigenvalue weighted by molar-refractivity contribution is 9.11. The van der Waals surface area contributed by atoms with Crippen molar-refractivity contribution in [2.24, 2.45) is 11.5 Å². The standard InChI is InChI=1S/C32H29BrN4O3.C25H18BrN5O.C23H14BrN5O4.C21H13BrN2/c1-32(2,3)40-28(39)15-25(34)27(38)13-17-8-10-20-19-6-4-5-7-21(19)29-30(23(20)12-17)37-31(36-29)24-16-35-26-11-9-18(33)14-22(24)26;26-13-5-8-21-18(9-13)20(12-28-21)25-30-23-17-4-2-1-3-15(17)16-7-6-14(29-22(32)11-27)10-19(16)24(23)31-25;24-15-7-8-20-18(11-15)19(12-25-20)23-26-21(13-3-1-5-16(9-13)28(30)31)22(27-23)14-4-2-6-17(10-14)29(32)33;22-14-11-9-13(10-12-14)21-23-19-17-7-3-1-5-15(17)16-6-2-4-8-18(16)20(19)24-21/h4-12,14,16,25,35H,13,15,34H2,1-3H3,(H,36,37);1-10,12,28H,11,27H2,(H,29,32)(H,30,31);1-12,25H,(H,26,27);1-12H,(H,23,24)/t25-;;;/m0.../s1. The normalized spacial score (nSPS) is 11.9. The first-order valence-corrected chi connectivity index (χ1v) is 44.2. The molecule has 0 aliphatic rings. The number of hydrogen-bond donors (Lipinski definition) is 10. The fourth-order valence-corrected chi connectivity index (χ4v) is 18.1. The van der Waals surface area contributed by atoms with Crippen molar-refractivity contribution in [2.45, 2.75) is 45.3 Å². The third-order valence-corrected chi connectivity index (χ3v) is 24.6. The molecule has 0 saturated carbocycles. The molecular formula is C101H74Br4N16O8. The van der Waals surface area contributed by atoms with Crippen molar-refractivity contribution in [3.63, 3.8) is 0 Å². The van der Waals surface area contributed by atoms with Gasteiger partial charge in [-0.1, -0.05) is 215 Å². The Labute approximate surface area is 766 Å². The topological polar surface area (TPSA) is 373 Å². The number of nitrogens with two attached hydrogens (primary N) is 2. The number of halogens is 4. The quantitative estimate of drug-likeness (QED) is 0.0197. The fourth-order valence-electron chi connectivity index (χ4n) is 16.8. The molecule has 28 heteroatoms. The number of benzene rings is 15. The van der Waals surface area contributed by atoms with Gasteiger partial charge in [-0.25, -0.2) is 19.9 Å². The first kappa shape index (κ1) is 83.9. The van der Waals surface area contributed by atoms with Crippen molar-refractivity contribution in [1.29, 1.82) is 0 Å². The Morgan fingerprint density at radius 3 is 1.32 bits per heavy atom. The maximum absolute atomic E-state index is 13.0. The number of imidazole rings is 4. The molecule has 12 N–H and O–H groups in total. The van der Waals surface area contributed by atoms with Crippen LogP contribution in [-0.4, -0.2) is 101 Å². The molecule has 0 unspecified atom stereocenters. The summed E-state index contributed by atoms with van der Waals surface area (Å²) in [5, 5.41) is 41.9. The molecule has 0 bridgehead atoms. The molecule has 22 rings (SSSR count). The van der Waals surface area contributed by atoms with Gasteiger partial charge in [0.1, 0.15) is 28.9 Å². The number of nitro benzene ring substituents is 2. The molecule has 0 spiro atoms. The van der Waals surface area contributed by atoms with Crippen LogP contribution in [0.2, 0.25) is 0 Å². The van der Waals surface area contributed by atoms with Crippen LogP contribution in [-0.2, 0) is 25.5 Å². The molecule has 0 aliphatic heterocycles. The molecule has 15 aromatic carbocycles. The molecule has 22 aromatic rings. The van der Waals surface area contributed by atoms with E-state index in [-0.39, 0.29) is 42.5 Å². The molecular weight excluding hydrogens is 1880 g/mol. The Bertz CT molecular complexity index is 8160. The number of non-ortho nitro benzene ring substituents is 2. The summed E-state index contributed by atoms with van der Waals surface area (Å²) >= 11 is 14.1. The predicted molar refractivity (Wildman–Crippen MR) is 529 cm³/mol. The van der Waals surface area contributed by atoms with Crippen LogP contribution in [0.5, 0.6) is 0 Å². The van der Waals surface area contributed by atoms with Crippen LogP contribution in [0.4, 0.5) is 17.1 Å². The number of H-pyrrole nitrogens is 7. The summed E-state index contributed by atoms with van der Waals surface area (Å²) in [6, 6.07) is 83.1. The molecule has 0 aliphatic carbocycles. The van der Waals surface area contributed by atoms with Gasteiger partial charge < -0.3 is 56.4 Å². The maximum atomic E-state index is 13.0. The number of esters is 1. The number of nitrogens with zero attached hydrogens (tertiary/aromatic N) is 6. The van der Waals surface area contributed by atoms with E-state index in [2.05, 4.69) is 201 Å². The van der Waals surface area contributed by atoms with E-state index in [1.54, 1.807) is 45.0 Å². The Kier molecular flexibility index (Phi) is 22.5. The highest BCUT2D eigenvalue weighted by Crippen LogP contribution is 2.44. The number of fused-ring (bicyclic) bond motifs is 21. The molecule has 24 nitrogen and oxygen atoms in total. The molecule has 129 heavy (non-hydrogen) atoms. The minimum Gasteiger partial charge on any atom is -0.460 e. The number of aromatic nitrogens is 11. The van der Waals surface area contributed by atoms with Crippen molar-refractivity contribution in [2.75, 3.05) is 11.9 Å². The van der Waals surface area contributed by atoms with Gasteiger partial charge in [-0.2, -0.15) is 0 Å². The zero-order valence-corrected chi connectivity index (χ0v) is 75.2. The number of nitrogens with one attached hydrogen (secondary N) is 8. The van der Waals surface area contributed by atoms with Crippen molar-refractivity contribution in [3.8, 4) is 68.1 Å². The number of carbonyl (C=O) groups excluding carboxylic acids is 3. The smallest absolute Gasteiger partial charge is 0.308 e. The molecule has 7 heterocycles. The largest absolute Gasteiger partial charge is 0.460 e. The number of aromatic amines is 7. The second-order valence-corrected chi connectivity index (χ2v) is 35.8. The van der Waals surface area contributed by atoms with E-state index in [1.165, 1.54) is 45.8 Å². The van der Waals surface area contributed by atoms with Crippen LogP contribution in [0.1, 0.15) is 32.8 Å². The fraction of sp³-hybridized carbons (Fsp3) is 0.0792. The number of anilines is 1. The van der Waals surface area contributed by atoms with Crippen molar-refractivity contribution >= 4 is 229 Å². The van der Waals surface area contributed by atoms with Crippen LogP contribution in [0.3, 0.4) is 0 Å². The summed E-state index contributed by atoms with van der Waals surface area (Å²) in [5.41, 5.74) is 27.0. The van der Waals surface area contributed by atoms with Gasteiger partial charge >= 0.3 is 5.97 Å². The number of nitro groups is 2. The third-order valence-electron chi connectivity index (χ3n) is 22.6. The van der Waals surface area contributed by atoms with Gasteiger partial charge in [0.25, 0.3) is 11.4 Å². The highest BCUT2D eigenvalue weighted by Gasteiger charge is 2.27. The lowest BCUT2D eigenvalue weighted by atomic mass is 9.95. The summed E-state index contributed by atoms with van der Waals surface area (Å²) < 4.78 is 9.31. The minimum atomic E-state index is -0.930. The predicted octanol–water partition coefficient (Wildman–Crippen LogP) is 25.4. The average Bonchev–Trinajstić information content (AvgIpc) is 1.61. The minimum absolute atomic E-state index is 0.0617. The molecule has 1 amide bonds. The van der Waals surface area contributed by atoms with Crippen LogP contribution in [0, 0.1) is 20.2 Å². The Morgan fingerprint density at radius 2 is 0.829 bits per heavy atom. The van der Waals surface area contributed by atoms with E-state index in [0.717, 1.165) is 172 Å². The summed E-state index contributed by atoms with van der Waals surface area (Å²) in [5.74, 6) is 2.06. The Balaban J connectivity index is 0.000000113. The van der Waals surface area contributed by atoms with E-state index in [0.29, 0.717) is 34.0 Å². The number of rotatable bonds is 15. The monoisotopic (exact) mass is 1950 g/mol. The van der Waals surface area contributed by atoms with Crippen LogP contribution >= 0.6 is 63.7 Å². The Morgan fingerprint density at radius 1 is 0.419 bits per heavy atom. The number of hydrogen-bond acceptors (Lipinski definition) is 14. The molecule has 0 fully saturated rings. The van der Waals surface area contributed by atoms with E-state index in [9.17, 15) is 34.6 Å². The van der Waals surface area contributed by atoms with Crippen LogP contribution in [0.25, 0.3) is 199 Å². The summed E-state index contributed by atoms with van der Waals surface area (Å²) in [6.07, 6.45) is 5.73. The highest BCUT2D eigenvalue weighted by atomic mass is 79.9. The van der Waals surface area contributed by atoms with Gasteiger partial charge in [-0.05, 0) is 144 Å². The third kappa shape index (κ3) is 16.7. The van der Waals surface area contributed by atoms with Crippen LogP contribution in [0.15, 0.2) is 297 Å². The van der Waals surface area contributed by atoms with E-state index in [4.69, 9.17) is 36.1 Å². The summed E-state index contributed by atoms with van der Waals surface area (Å²) in [4.78, 5) is 102. The molecule has 7 aromatic heterocycles. The zero-order chi connectivity index (χ0) is 89.2. The lowest BCUT2D eigenvalue weighted by Gasteiger charge is -2.20. The van der Waals surface area contributed by atoms with Gasteiger partial charge in [0.2, 0.25) is 5.91 Å². The summed E-state index contributed by atoms with van der Waals surface area (Å²) in [7, 11) is 0.